The van der Waals surface area contributed by atoms with Crippen LogP contribution in [0.2, 0.25) is 13.3 Å². The van der Waals surface area contributed by atoms with Gasteiger partial charge in [0.05, 0.1) is 0 Å². The molecule has 1 aromatic rings. The quantitative estimate of drug-likeness (QED) is 0.430. The third-order valence-electron chi connectivity index (χ3n) is 4.55. The van der Waals surface area contributed by atoms with Gasteiger partial charge in [0, 0.05) is 0 Å². The first-order valence-electron chi connectivity index (χ1n) is 8.84. The van der Waals surface area contributed by atoms with Crippen LogP contribution >= 0.6 is 0 Å². The van der Waals surface area contributed by atoms with Gasteiger partial charge in [-0.2, -0.15) is 0 Å². The number of rotatable bonds is 11. The van der Waals surface area contributed by atoms with Crippen LogP contribution in [-0.2, 0) is 7.05 Å². The van der Waals surface area contributed by atoms with Crippen molar-refractivity contribution in [3.05, 3.63) is 22.0 Å². The van der Waals surface area contributed by atoms with Crippen LogP contribution in [0.15, 0.2) is 16.4 Å². The molecule has 0 radical (unpaired) electrons. The molecular weight excluding hydrogens is 363 g/mol. The van der Waals surface area contributed by atoms with Gasteiger partial charge in [0.25, 0.3) is 0 Å². The fourth-order valence-corrected chi connectivity index (χ4v) is 17.1. The average Bonchev–Trinajstić information content (AvgIpc) is 2.91. The van der Waals surface area contributed by atoms with Crippen molar-refractivity contribution in [3.63, 3.8) is 0 Å². The minimum atomic E-state index is -2.11. The predicted octanol–water partition coefficient (Wildman–Crippen LogP) is 5.82. The van der Waals surface area contributed by atoms with Crippen molar-refractivity contribution in [1.29, 1.82) is 0 Å². The second-order valence-corrected chi connectivity index (χ2v) is 19.4. The van der Waals surface area contributed by atoms with Gasteiger partial charge in [-0.3, -0.25) is 0 Å². The summed E-state index contributed by atoms with van der Waals surface area (Å²) in [6.07, 6.45) is 12.6. The van der Waals surface area contributed by atoms with Gasteiger partial charge < -0.3 is 0 Å². The summed E-state index contributed by atoms with van der Waals surface area (Å²) in [7, 11) is 2.04. The van der Waals surface area contributed by atoms with Crippen molar-refractivity contribution in [2.75, 3.05) is 0 Å². The second-order valence-electron chi connectivity index (χ2n) is 6.39. The fourth-order valence-electron chi connectivity index (χ4n) is 3.02. The molecule has 0 aliphatic carbocycles. The Hall–Kier alpha value is -0.251. The van der Waals surface area contributed by atoms with Gasteiger partial charge in [0.15, 0.2) is 0 Å². The zero-order chi connectivity index (χ0) is 15.6. The molecule has 0 aliphatic heterocycles. The molecule has 0 spiro atoms. The molecule has 1 rings (SSSR count). The third-order valence-corrected chi connectivity index (χ3v) is 18.6. The van der Waals surface area contributed by atoms with Crippen LogP contribution in [-0.4, -0.2) is 28.2 Å². The van der Waals surface area contributed by atoms with Crippen molar-refractivity contribution in [2.24, 2.45) is 7.05 Å². The SMILES string of the molecule is CCC[CH2][Sn](/[CH]=C/c1ccnn1C)([CH2]CCC)[CH2]CCC. The molecular formula is C18H34N2Sn. The summed E-state index contributed by atoms with van der Waals surface area (Å²) in [4.78, 5) is 0. The summed E-state index contributed by atoms with van der Waals surface area (Å²) < 4.78 is 9.33. The molecule has 2 nitrogen and oxygen atoms in total. The topological polar surface area (TPSA) is 17.8 Å². The Kier molecular flexibility index (Phi) is 9.37. The number of hydrogen-bond donors (Lipinski definition) is 0. The van der Waals surface area contributed by atoms with E-state index >= 15 is 0 Å². The summed E-state index contributed by atoms with van der Waals surface area (Å²) in [6.45, 7) is 7.00. The summed E-state index contributed by atoms with van der Waals surface area (Å²) in [6, 6.07) is 2.13. The van der Waals surface area contributed by atoms with Crippen molar-refractivity contribution >= 4 is 24.5 Å². The Labute approximate surface area is 135 Å². The van der Waals surface area contributed by atoms with E-state index in [-0.39, 0.29) is 0 Å². The van der Waals surface area contributed by atoms with E-state index in [0.717, 1.165) is 0 Å². The molecule has 0 saturated heterocycles. The van der Waals surface area contributed by atoms with Gasteiger partial charge in [-0.05, 0) is 0 Å². The molecule has 1 heterocycles. The normalized spacial score (nSPS) is 12.4. The molecule has 0 aliphatic rings. The molecule has 0 N–H and O–H groups in total. The molecule has 0 aromatic carbocycles. The van der Waals surface area contributed by atoms with E-state index in [1.165, 1.54) is 44.2 Å². The van der Waals surface area contributed by atoms with Gasteiger partial charge in [-0.1, -0.05) is 0 Å². The summed E-state index contributed by atoms with van der Waals surface area (Å²) in [5.74, 6) is 0. The number of aryl methyl sites for hydroxylation is 1. The van der Waals surface area contributed by atoms with Crippen molar-refractivity contribution < 1.29 is 0 Å². The van der Waals surface area contributed by atoms with Gasteiger partial charge in [0.1, 0.15) is 0 Å². The maximum atomic E-state index is 4.29. The van der Waals surface area contributed by atoms with E-state index in [2.05, 4.69) is 42.1 Å². The minimum absolute atomic E-state index is 1.26. The average molecular weight is 397 g/mol. The third kappa shape index (κ3) is 6.58. The zero-order valence-electron chi connectivity index (χ0n) is 14.6. The van der Waals surface area contributed by atoms with E-state index in [1.54, 1.807) is 13.3 Å². The van der Waals surface area contributed by atoms with Gasteiger partial charge in [0.2, 0.25) is 0 Å². The van der Waals surface area contributed by atoms with Crippen molar-refractivity contribution in [3.8, 4) is 0 Å². The summed E-state index contributed by atoms with van der Waals surface area (Å²) >= 11 is -2.11. The maximum absolute atomic E-state index is 4.29. The van der Waals surface area contributed by atoms with Crippen LogP contribution in [0.4, 0.5) is 0 Å². The van der Waals surface area contributed by atoms with Crippen LogP contribution in [0, 0.1) is 0 Å². The Bertz CT molecular complexity index is 387. The van der Waals surface area contributed by atoms with Gasteiger partial charge >= 0.3 is 136 Å². The van der Waals surface area contributed by atoms with E-state index in [1.807, 2.05) is 17.9 Å². The first-order valence-corrected chi connectivity index (χ1v) is 16.5. The molecule has 1 aromatic heterocycles. The Balaban J connectivity index is 2.89. The van der Waals surface area contributed by atoms with Crippen LogP contribution < -0.4 is 0 Å². The van der Waals surface area contributed by atoms with Crippen LogP contribution in [0.5, 0.6) is 0 Å². The van der Waals surface area contributed by atoms with Gasteiger partial charge in [-0.15, -0.1) is 0 Å². The number of nitrogens with zero attached hydrogens (tertiary/aromatic N) is 2. The monoisotopic (exact) mass is 398 g/mol. The second kappa shape index (κ2) is 10.5. The fraction of sp³-hybridized carbons (Fsp3) is 0.722. The standard InChI is InChI=1S/C6H7N2.3C4H9.Sn/c1-3-6-4-5-7-8(6)2;3*1-3-4-2;/h1,3-5H,2H3;3*1,3-4H2,2H3;. The number of unbranched alkanes of at least 4 members (excludes halogenated alkanes) is 3. The van der Waals surface area contributed by atoms with E-state index in [9.17, 15) is 0 Å². The molecule has 0 amide bonds. The van der Waals surface area contributed by atoms with E-state index < -0.39 is 18.4 Å². The Morgan fingerprint density at radius 2 is 1.52 bits per heavy atom. The first-order chi connectivity index (χ1) is 10.2. The Morgan fingerprint density at radius 1 is 1.00 bits per heavy atom. The molecule has 0 atom stereocenters. The molecule has 0 bridgehead atoms. The van der Waals surface area contributed by atoms with Crippen LogP contribution in [0.25, 0.3) is 6.08 Å². The number of hydrogen-bond acceptors (Lipinski definition) is 1. The zero-order valence-corrected chi connectivity index (χ0v) is 17.4. The van der Waals surface area contributed by atoms with Crippen molar-refractivity contribution in [1.82, 2.24) is 9.78 Å². The van der Waals surface area contributed by atoms with Crippen LogP contribution in [0.1, 0.15) is 65.0 Å². The predicted molar refractivity (Wildman–Crippen MR) is 97.1 cm³/mol. The van der Waals surface area contributed by atoms with Crippen molar-refractivity contribution in [2.45, 2.75) is 72.6 Å². The molecule has 0 unspecified atom stereocenters. The molecule has 120 valence electrons. The van der Waals surface area contributed by atoms with Gasteiger partial charge in [-0.25, -0.2) is 0 Å². The van der Waals surface area contributed by atoms with E-state index in [0.29, 0.717) is 0 Å². The molecule has 0 fully saturated rings. The molecule has 0 saturated carbocycles. The molecule has 3 heteroatoms. The molecule has 21 heavy (non-hydrogen) atoms. The Morgan fingerprint density at radius 3 is 1.90 bits per heavy atom. The van der Waals surface area contributed by atoms with E-state index in [4.69, 9.17) is 0 Å². The summed E-state index contributed by atoms with van der Waals surface area (Å²) in [5.41, 5.74) is 1.26. The number of aromatic nitrogens is 2. The summed E-state index contributed by atoms with van der Waals surface area (Å²) in [5, 5.41) is 4.29. The first kappa shape index (κ1) is 18.8. The van der Waals surface area contributed by atoms with Crippen LogP contribution in [0.3, 0.4) is 0 Å².